The van der Waals surface area contributed by atoms with Crippen LogP contribution >= 0.6 is 27.3 Å². The van der Waals surface area contributed by atoms with Gasteiger partial charge < -0.3 is 5.32 Å². The monoisotopic (exact) mass is 299 g/mol. The van der Waals surface area contributed by atoms with Crippen molar-refractivity contribution in [3.8, 4) is 0 Å². The summed E-state index contributed by atoms with van der Waals surface area (Å²) < 4.78 is 1.18. The van der Waals surface area contributed by atoms with Gasteiger partial charge >= 0.3 is 0 Å². The predicted molar refractivity (Wildman–Crippen MR) is 75.9 cm³/mol. The maximum absolute atomic E-state index is 3.59. The quantitative estimate of drug-likeness (QED) is 0.855. The first-order chi connectivity index (χ1) is 7.65. The molecule has 0 saturated heterocycles. The van der Waals surface area contributed by atoms with E-state index in [1.165, 1.54) is 27.8 Å². The summed E-state index contributed by atoms with van der Waals surface area (Å²) >= 11 is 5.29. The molecule has 1 aromatic heterocycles. The van der Waals surface area contributed by atoms with Gasteiger partial charge in [-0.25, -0.2) is 0 Å². The topological polar surface area (TPSA) is 12.0 Å². The summed E-state index contributed by atoms with van der Waals surface area (Å²) in [5, 5.41) is 5.73. The van der Waals surface area contributed by atoms with E-state index in [1.54, 1.807) is 11.3 Å². The number of nitrogens with one attached hydrogen (secondary N) is 1. The molecule has 0 aliphatic heterocycles. The predicted octanol–water partition coefficient (Wildman–Crippen LogP) is 4.30. The zero-order valence-electron chi connectivity index (χ0n) is 9.79. The standard InChI is InChI=1S/C13H18BrNS/c1-9(2)10(7-15-12-3-4-12)5-13-6-11(14)8-16-13/h5-6,8-9,12,15H,3-4,7H2,1-2H3. The number of rotatable bonds is 5. The van der Waals surface area contributed by atoms with Crippen LogP contribution in [0.15, 0.2) is 21.5 Å². The molecule has 0 bridgehead atoms. The smallest absolute Gasteiger partial charge is 0.0288 e. The highest BCUT2D eigenvalue weighted by Gasteiger charge is 2.20. The van der Waals surface area contributed by atoms with E-state index < -0.39 is 0 Å². The van der Waals surface area contributed by atoms with Gasteiger partial charge in [0.25, 0.3) is 0 Å². The van der Waals surface area contributed by atoms with Crippen molar-refractivity contribution in [3.63, 3.8) is 0 Å². The summed E-state index contributed by atoms with van der Waals surface area (Å²) in [4.78, 5) is 1.34. The molecular formula is C13H18BrNS. The third-order valence-corrected chi connectivity index (χ3v) is 4.47. The summed E-state index contributed by atoms with van der Waals surface area (Å²) in [5.41, 5.74) is 1.50. The number of hydrogen-bond donors (Lipinski definition) is 1. The fourth-order valence-electron chi connectivity index (χ4n) is 1.56. The van der Waals surface area contributed by atoms with Gasteiger partial charge in [-0.2, -0.15) is 0 Å². The van der Waals surface area contributed by atoms with E-state index >= 15 is 0 Å². The van der Waals surface area contributed by atoms with Crippen LogP contribution < -0.4 is 5.32 Å². The highest BCUT2D eigenvalue weighted by Crippen LogP contribution is 2.25. The molecule has 1 heterocycles. The van der Waals surface area contributed by atoms with Crippen LogP contribution in [0.25, 0.3) is 6.08 Å². The molecule has 3 heteroatoms. The van der Waals surface area contributed by atoms with E-state index in [2.05, 4.69) is 52.6 Å². The second-order valence-corrected chi connectivity index (χ2v) is 6.55. The summed E-state index contributed by atoms with van der Waals surface area (Å²) in [7, 11) is 0. The number of hydrogen-bond acceptors (Lipinski definition) is 2. The minimum atomic E-state index is 0.618. The van der Waals surface area contributed by atoms with Crippen LogP contribution in [0.1, 0.15) is 31.6 Å². The molecule has 1 nitrogen and oxygen atoms in total. The third-order valence-electron chi connectivity index (χ3n) is 2.83. The van der Waals surface area contributed by atoms with Gasteiger partial charge in [0, 0.05) is 27.3 Å². The van der Waals surface area contributed by atoms with E-state index in [9.17, 15) is 0 Å². The molecule has 0 unspecified atom stereocenters. The first-order valence-electron chi connectivity index (χ1n) is 5.83. The summed E-state index contributed by atoms with van der Waals surface area (Å²) in [5.74, 6) is 0.618. The second kappa shape index (κ2) is 5.48. The van der Waals surface area contributed by atoms with Crippen molar-refractivity contribution in [2.24, 2.45) is 5.92 Å². The number of halogens is 1. The molecule has 1 saturated carbocycles. The average molecular weight is 300 g/mol. The van der Waals surface area contributed by atoms with Crippen LogP contribution in [-0.2, 0) is 0 Å². The Labute approximate surface area is 110 Å². The minimum absolute atomic E-state index is 0.618. The molecule has 0 aromatic carbocycles. The highest BCUT2D eigenvalue weighted by molar-refractivity contribution is 9.10. The molecule has 0 amide bonds. The SMILES string of the molecule is CC(C)C(=Cc1cc(Br)cs1)CNC1CC1. The first kappa shape index (κ1) is 12.3. The van der Waals surface area contributed by atoms with Crippen LogP contribution in [0.3, 0.4) is 0 Å². The molecule has 0 radical (unpaired) electrons. The lowest BCUT2D eigenvalue weighted by Crippen LogP contribution is -2.21. The maximum Gasteiger partial charge on any atom is 0.0288 e. The molecule has 1 fully saturated rings. The van der Waals surface area contributed by atoms with Crippen molar-refractivity contribution >= 4 is 33.3 Å². The van der Waals surface area contributed by atoms with Gasteiger partial charge in [-0.3, -0.25) is 0 Å². The molecule has 88 valence electrons. The second-order valence-electron chi connectivity index (χ2n) is 4.70. The lowest BCUT2D eigenvalue weighted by Gasteiger charge is -2.12. The largest absolute Gasteiger partial charge is 0.310 e. The Bertz CT molecular complexity index is 377. The van der Waals surface area contributed by atoms with Crippen molar-refractivity contribution in [2.45, 2.75) is 32.7 Å². The van der Waals surface area contributed by atoms with Crippen molar-refractivity contribution in [3.05, 3.63) is 26.4 Å². The van der Waals surface area contributed by atoms with Crippen LogP contribution in [0, 0.1) is 5.92 Å². The third kappa shape index (κ3) is 3.72. The normalized spacial score (nSPS) is 17.1. The number of thiophene rings is 1. The average Bonchev–Trinajstić information content (AvgIpc) is 2.96. The zero-order chi connectivity index (χ0) is 11.5. The molecule has 0 spiro atoms. The first-order valence-corrected chi connectivity index (χ1v) is 7.50. The highest BCUT2D eigenvalue weighted by atomic mass is 79.9. The van der Waals surface area contributed by atoms with Crippen LogP contribution in [-0.4, -0.2) is 12.6 Å². The Balaban J connectivity index is 2.01. The minimum Gasteiger partial charge on any atom is -0.310 e. The van der Waals surface area contributed by atoms with Gasteiger partial charge in [-0.15, -0.1) is 11.3 Å². The van der Waals surface area contributed by atoms with E-state index in [0.29, 0.717) is 5.92 Å². The van der Waals surface area contributed by atoms with E-state index in [0.717, 1.165) is 12.6 Å². The van der Waals surface area contributed by atoms with Gasteiger partial charge in [0.05, 0.1) is 0 Å². The van der Waals surface area contributed by atoms with Gasteiger partial charge in [-0.1, -0.05) is 19.4 Å². The van der Waals surface area contributed by atoms with E-state index in [4.69, 9.17) is 0 Å². The fourth-order valence-corrected chi connectivity index (χ4v) is 2.97. The maximum atomic E-state index is 3.59. The van der Waals surface area contributed by atoms with Gasteiger partial charge in [-0.05, 0) is 46.8 Å². The molecule has 1 N–H and O–H groups in total. The lowest BCUT2D eigenvalue weighted by atomic mass is 10.0. The summed E-state index contributed by atoms with van der Waals surface area (Å²) in [6, 6.07) is 2.97. The van der Waals surface area contributed by atoms with Crippen molar-refractivity contribution < 1.29 is 0 Å². The summed E-state index contributed by atoms with van der Waals surface area (Å²) in [6.45, 7) is 5.57. The van der Waals surface area contributed by atoms with E-state index in [1.807, 2.05) is 0 Å². The van der Waals surface area contributed by atoms with Crippen molar-refractivity contribution in [1.29, 1.82) is 0 Å². The van der Waals surface area contributed by atoms with Crippen molar-refractivity contribution in [2.75, 3.05) is 6.54 Å². The Morgan fingerprint density at radius 3 is 2.88 bits per heavy atom. The molecule has 0 atom stereocenters. The van der Waals surface area contributed by atoms with Gasteiger partial charge in [0.15, 0.2) is 0 Å². The Morgan fingerprint density at radius 2 is 2.38 bits per heavy atom. The molecule has 16 heavy (non-hydrogen) atoms. The van der Waals surface area contributed by atoms with Crippen molar-refractivity contribution in [1.82, 2.24) is 5.32 Å². The summed E-state index contributed by atoms with van der Waals surface area (Å²) in [6.07, 6.45) is 5.04. The molecule has 1 aliphatic carbocycles. The lowest BCUT2D eigenvalue weighted by molar-refractivity contribution is 0.663. The van der Waals surface area contributed by atoms with Crippen LogP contribution in [0.2, 0.25) is 0 Å². The fraction of sp³-hybridized carbons (Fsp3) is 0.538. The van der Waals surface area contributed by atoms with Gasteiger partial charge in [0.2, 0.25) is 0 Å². The zero-order valence-corrected chi connectivity index (χ0v) is 12.2. The van der Waals surface area contributed by atoms with Crippen LogP contribution in [0.4, 0.5) is 0 Å². The van der Waals surface area contributed by atoms with Gasteiger partial charge in [0.1, 0.15) is 0 Å². The Morgan fingerprint density at radius 1 is 1.62 bits per heavy atom. The molecule has 1 aliphatic rings. The van der Waals surface area contributed by atoms with Crippen LogP contribution in [0.5, 0.6) is 0 Å². The van der Waals surface area contributed by atoms with E-state index in [-0.39, 0.29) is 0 Å². The molecule has 2 rings (SSSR count). The Hall–Kier alpha value is -0.120. The molecule has 1 aromatic rings. The Kier molecular flexibility index (Phi) is 4.22. The molecular weight excluding hydrogens is 282 g/mol.